The zero-order valence-electron chi connectivity index (χ0n) is 10.6. The number of rotatable bonds is 3. The molecule has 2 rings (SSSR count). The molecule has 1 aromatic carbocycles. The highest BCUT2D eigenvalue weighted by molar-refractivity contribution is 9.10. The first kappa shape index (κ1) is 13.7. The highest BCUT2D eigenvalue weighted by atomic mass is 79.9. The van der Waals surface area contributed by atoms with Crippen molar-refractivity contribution in [1.29, 1.82) is 0 Å². The van der Waals surface area contributed by atoms with Crippen LogP contribution in [-0.2, 0) is 0 Å². The third-order valence-electron chi connectivity index (χ3n) is 3.30. The largest absolute Gasteiger partial charge is 0.369 e. The molecule has 0 saturated carbocycles. The topological polar surface area (TPSA) is 41.6 Å². The Morgan fingerprint density at radius 2 is 2.28 bits per heavy atom. The van der Waals surface area contributed by atoms with E-state index in [1.807, 2.05) is 18.2 Å². The first-order valence-electron chi connectivity index (χ1n) is 6.03. The van der Waals surface area contributed by atoms with E-state index in [4.69, 9.17) is 17.3 Å². The molecular formula is C13H17BrClN3. The third-order valence-corrected chi connectivity index (χ3v) is 4.51. The number of nitrogens with zero attached hydrogens (tertiary/aromatic N) is 2. The fourth-order valence-corrected chi connectivity index (χ4v) is 2.95. The van der Waals surface area contributed by atoms with Crippen LogP contribution in [0.25, 0.3) is 0 Å². The van der Waals surface area contributed by atoms with Crippen LogP contribution in [-0.4, -0.2) is 18.0 Å². The highest BCUT2D eigenvalue weighted by Crippen LogP contribution is 2.35. The van der Waals surface area contributed by atoms with Crippen molar-refractivity contribution in [2.75, 3.05) is 11.4 Å². The standard InChI is InChI=1S/C13H17BrClN3/c1-3-6-13(2)8-17-12(16)18(13)9-4-5-11(15)10(14)7-9/h4-5,7H,3,6,8H2,1-2H3,(H2,16,17). The van der Waals surface area contributed by atoms with Crippen LogP contribution >= 0.6 is 27.5 Å². The van der Waals surface area contributed by atoms with Gasteiger partial charge in [-0.25, -0.2) is 0 Å². The lowest BCUT2D eigenvalue weighted by Crippen LogP contribution is -2.49. The number of aliphatic imine (C=N–C) groups is 1. The maximum atomic E-state index is 6.03. The van der Waals surface area contributed by atoms with Crippen molar-refractivity contribution in [3.05, 3.63) is 27.7 Å². The summed E-state index contributed by atoms with van der Waals surface area (Å²) in [5, 5.41) is 0.700. The SMILES string of the molecule is CCCC1(C)CN=C(N)N1c1ccc(Cl)c(Br)c1. The number of hydrogen-bond donors (Lipinski definition) is 1. The van der Waals surface area contributed by atoms with E-state index in [0.717, 1.165) is 29.5 Å². The molecule has 1 atom stereocenters. The summed E-state index contributed by atoms with van der Waals surface area (Å²) in [6.07, 6.45) is 2.15. The molecule has 0 aliphatic carbocycles. The van der Waals surface area contributed by atoms with E-state index >= 15 is 0 Å². The van der Waals surface area contributed by atoms with Crippen LogP contribution in [0.3, 0.4) is 0 Å². The van der Waals surface area contributed by atoms with Crippen molar-refractivity contribution in [3.63, 3.8) is 0 Å². The first-order valence-corrected chi connectivity index (χ1v) is 7.20. The Labute approximate surface area is 121 Å². The van der Waals surface area contributed by atoms with E-state index in [-0.39, 0.29) is 5.54 Å². The van der Waals surface area contributed by atoms with Gasteiger partial charge in [-0.05, 0) is 47.5 Å². The van der Waals surface area contributed by atoms with Crippen molar-refractivity contribution >= 4 is 39.2 Å². The third kappa shape index (κ3) is 2.36. The summed E-state index contributed by atoms with van der Waals surface area (Å²) in [6, 6.07) is 5.84. The van der Waals surface area contributed by atoms with Crippen LogP contribution in [0.1, 0.15) is 26.7 Å². The number of hydrogen-bond acceptors (Lipinski definition) is 3. The molecule has 3 nitrogen and oxygen atoms in total. The van der Waals surface area contributed by atoms with Gasteiger partial charge in [-0.2, -0.15) is 0 Å². The second kappa shape index (κ2) is 5.10. The predicted molar refractivity (Wildman–Crippen MR) is 81.4 cm³/mol. The van der Waals surface area contributed by atoms with Crippen molar-refractivity contribution in [2.24, 2.45) is 10.7 Å². The maximum Gasteiger partial charge on any atom is 0.196 e. The first-order chi connectivity index (χ1) is 8.48. The molecule has 2 N–H and O–H groups in total. The van der Waals surface area contributed by atoms with Crippen LogP contribution in [0.2, 0.25) is 5.02 Å². The van der Waals surface area contributed by atoms with E-state index in [1.165, 1.54) is 0 Å². The quantitative estimate of drug-likeness (QED) is 0.916. The number of nitrogens with two attached hydrogens (primary N) is 1. The van der Waals surface area contributed by atoms with Crippen LogP contribution in [0, 0.1) is 0 Å². The Balaban J connectivity index is 2.39. The van der Waals surface area contributed by atoms with Crippen molar-refractivity contribution in [1.82, 2.24) is 0 Å². The molecule has 1 unspecified atom stereocenters. The number of benzene rings is 1. The van der Waals surface area contributed by atoms with Gasteiger partial charge in [0.2, 0.25) is 0 Å². The van der Waals surface area contributed by atoms with Gasteiger partial charge in [-0.3, -0.25) is 4.99 Å². The molecule has 0 aromatic heterocycles. The molecule has 5 heteroatoms. The van der Waals surface area contributed by atoms with Crippen molar-refractivity contribution < 1.29 is 0 Å². The van der Waals surface area contributed by atoms with Gasteiger partial charge in [0, 0.05) is 10.2 Å². The van der Waals surface area contributed by atoms with E-state index in [2.05, 4.69) is 39.7 Å². The van der Waals surface area contributed by atoms with Gasteiger partial charge in [-0.1, -0.05) is 24.9 Å². The monoisotopic (exact) mass is 329 g/mol. The molecule has 0 radical (unpaired) electrons. The van der Waals surface area contributed by atoms with Crippen molar-refractivity contribution in [3.8, 4) is 0 Å². The summed E-state index contributed by atoms with van der Waals surface area (Å²) >= 11 is 9.48. The Bertz CT molecular complexity index is 489. The van der Waals surface area contributed by atoms with Crippen LogP contribution in [0.4, 0.5) is 5.69 Å². The molecular weight excluding hydrogens is 314 g/mol. The fourth-order valence-electron chi connectivity index (χ4n) is 2.47. The van der Waals surface area contributed by atoms with Gasteiger partial charge >= 0.3 is 0 Å². The molecule has 1 aromatic rings. The summed E-state index contributed by atoms with van der Waals surface area (Å²) in [5.74, 6) is 0.583. The molecule has 1 aliphatic heterocycles. The lowest BCUT2D eigenvalue weighted by atomic mass is 9.94. The molecule has 1 aliphatic rings. The van der Waals surface area contributed by atoms with Crippen LogP contribution < -0.4 is 10.6 Å². The van der Waals surface area contributed by atoms with Gasteiger partial charge < -0.3 is 10.6 Å². The van der Waals surface area contributed by atoms with Crippen LogP contribution in [0.5, 0.6) is 0 Å². The Kier molecular flexibility index (Phi) is 3.87. The van der Waals surface area contributed by atoms with Crippen LogP contribution in [0.15, 0.2) is 27.7 Å². The molecule has 98 valence electrons. The Morgan fingerprint density at radius 1 is 1.56 bits per heavy atom. The van der Waals surface area contributed by atoms with Gasteiger partial charge in [0.15, 0.2) is 5.96 Å². The predicted octanol–water partition coefficient (Wildman–Crippen LogP) is 3.80. The highest BCUT2D eigenvalue weighted by Gasteiger charge is 2.38. The average molecular weight is 331 g/mol. The maximum absolute atomic E-state index is 6.03. The van der Waals surface area contributed by atoms with Gasteiger partial charge in [0.25, 0.3) is 0 Å². The van der Waals surface area contributed by atoms with Crippen molar-refractivity contribution in [2.45, 2.75) is 32.2 Å². The summed E-state index contributed by atoms with van der Waals surface area (Å²) in [7, 11) is 0. The minimum Gasteiger partial charge on any atom is -0.369 e. The average Bonchev–Trinajstić information content (AvgIpc) is 2.60. The molecule has 0 spiro atoms. The zero-order chi connectivity index (χ0) is 13.3. The lowest BCUT2D eigenvalue weighted by Gasteiger charge is -2.36. The molecule has 0 fully saturated rings. The molecule has 0 amide bonds. The number of halogens is 2. The normalized spacial score (nSPS) is 23.3. The van der Waals surface area contributed by atoms with E-state index in [9.17, 15) is 0 Å². The minimum atomic E-state index is -0.0356. The number of guanidine groups is 1. The van der Waals surface area contributed by atoms with E-state index in [0.29, 0.717) is 11.0 Å². The molecule has 0 saturated heterocycles. The smallest absolute Gasteiger partial charge is 0.196 e. The lowest BCUT2D eigenvalue weighted by molar-refractivity contribution is 0.457. The Hall–Kier alpha value is -0.740. The van der Waals surface area contributed by atoms with E-state index < -0.39 is 0 Å². The van der Waals surface area contributed by atoms with Gasteiger partial charge in [-0.15, -0.1) is 0 Å². The molecule has 18 heavy (non-hydrogen) atoms. The molecule has 0 bridgehead atoms. The summed E-state index contributed by atoms with van der Waals surface area (Å²) in [4.78, 5) is 6.50. The number of anilines is 1. The fraction of sp³-hybridized carbons (Fsp3) is 0.462. The summed E-state index contributed by atoms with van der Waals surface area (Å²) in [6.45, 7) is 5.12. The zero-order valence-corrected chi connectivity index (χ0v) is 12.9. The second-order valence-corrected chi connectivity index (χ2v) is 6.12. The molecule has 1 heterocycles. The Morgan fingerprint density at radius 3 is 2.89 bits per heavy atom. The summed E-state index contributed by atoms with van der Waals surface area (Å²) < 4.78 is 0.875. The van der Waals surface area contributed by atoms with Gasteiger partial charge in [0.05, 0.1) is 17.1 Å². The van der Waals surface area contributed by atoms with E-state index in [1.54, 1.807) is 0 Å². The minimum absolute atomic E-state index is 0.0356. The van der Waals surface area contributed by atoms with Gasteiger partial charge in [0.1, 0.15) is 0 Å². The summed E-state index contributed by atoms with van der Waals surface area (Å²) in [5.41, 5.74) is 7.03. The second-order valence-electron chi connectivity index (χ2n) is 4.86.